The monoisotopic (exact) mass is 480 g/mol. The van der Waals surface area contributed by atoms with Crippen LogP contribution in [0.4, 0.5) is 0 Å². The van der Waals surface area contributed by atoms with Gasteiger partial charge in [-0.05, 0) is 96.6 Å². The van der Waals surface area contributed by atoms with Crippen LogP contribution in [-0.2, 0) is 20.1 Å². The Morgan fingerprint density at radius 2 is 1.39 bits per heavy atom. The SMILES string of the molecule is CC1(C)CCC(C)(C)c2c(-c3cc4ccoc4c4ccc(B5OC(C)(C)C(C)(C)O5)cc34)cccc21. The molecule has 4 heteroatoms. The maximum Gasteiger partial charge on any atom is 0.494 e. The van der Waals surface area contributed by atoms with Gasteiger partial charge in [-0.15, -0.1) is 0 Å². The molecule has 0 bridgehead atoms. The lowest BCUT2D eigenvalue weighted by atomic mass is 9.61. The van der Waals surface area contributed by atoms with Crippen molar-refractivity contribution in [2.45, 2.75) is 90.3 Å². The molecular weight excluding hydrogens is 443 g/mol. The van der Waals surface area contributed by atoms with Crippen molar-refractivity contribution in [2.75, 3.05) is 0 Å². The van der Waals surface area contributed by atoms with Gasteiger partial charge in [0.05, 0.1) is 17.5 Å². The lowest BCUT2D eigenvalue weighted by molar-refractivity contribution is 0.00578. The fourth-order valence-electron chi connectivity index (χ4n) is 6.17. The largest absolute Gasteiger partial charge is 0.494 e. The first-order valence-electron chi connectivity index (χ1n) is 13.2. The minimum atomic E-state index is -0.403. The highest BCUT2D eigenvalue weighted by Gasteiger charge is 2.51. The molecule has 3 nitrogen and oxygen atoms in total. The van der Waals surface area contributed by atoms with Crippen molar-refractivity contribution in [3.05, 3.63) is 65.9 Å². The molecule has 36 heavy (non-hydrogen) atoms. The Hall–Kier alpha value is -2.56. The van der Waals surface area contributed by atoms with Gasteiger partial charge in [-0.3, -0.25) is 0 Å². The van der Waals surface area contributed by atoms with Crippen LogP contribution in [0.5, 0.6) is 0 Å². The van der Waals surface area contributed by atoms with Crippen LogP contribution in [0.25, 0.3) is 32.9 Å². The Morgan fingerprint density at radius 3 is 2.11 bits per heavy atom. The van der Waals surface area contributed by atoms with E-state index in [-0.39, 0.29) is 22.0 Å². The van der Waals surface area contributed by atoms with Crippen LogP contribution in [0.3, 0.4) is 0 Å². The molecule has 6 rings (SSSR count). The van der Waals surface area contributed by atoms with Crippen LogP contribution < -0.4 is 5.46 Å². The maximum atomic E-state index is 6.42. The number of rotatable bonds is 2. The zero-order valence-corrected chi connectivity index (χ0v) is 22.9. The molecule has 1 fully saturated rings. The molecule has 186 valence electrons. The van der Waals surface area contributed by atoms with Gasteiger partial charge in [-0.1, -0.05) is 64.1 Å². The van der Waals surface area contributed by atoms with E-state index < -0.39 is 7.12 Å². The van der Waals surface area contributed by atoms with E-state index in [1.165, 1.54) is 40.5 Å². The summed E-state index contributed by atoms with van der Waals surface area (Å²) in [5.41, 5.74) is 6.99. The van der Waals surface area contributed by atoms with Crippen LogP contribution in [0.15, 0.2) is 59.2 Å². The summed E-state index contributed by atoms with van der Waals surface area (Å²) < 4.78 is 18.8. The molecular formula is C32H37BO3. The quantitative estimate of drug-likeness (QED) is 0.273. The van der Waals surface area contributed by atoms with Crippen LogP contribution in [-0.4, -0.2) is 18.3 Å². The first kappa shape index (κ1) is 23.8. The predicted molar refractivity (Wildman–Crippen MR) is 150 cm³/mol. The van der Waals surface area contributed by atoms with E-state index in [9.17, 15) is 0 Å². The molecule has 1 aliphatic heterocycles. The third-order valence-electron chi connectivity index (χ3n) is 9.23. The Kier molecular flexibility index (Phi) is 4.96. The molecule has 1 aliphatic carbocycles. The highest BCUT2D eigenvalue weighted by molar-refractivity contribution is 6.62. The minimum Gasteiger partial charge on any atom is -0.464 e. The summed E-state index contributed by atoms with van der Waals surface area (Å²) in [4.78, 5) is 0. The molecule has 0 saturated carbocycles. The smallest absolute Gasteiger partial charge is 0.464 e. The Labute approximate surface area is 215 Å². The zero-order valence-electron chi connectivity index (χ0n) is 22.9. The average Bonchev–Trinajstić information content (AvgIpc) is 3.37. The van der Waals surface area contributed by atoms with Crippen LogP contribution in [0, 0.1) is 0 Å². The summed E-state index contributed by atoms with van der Waals surface area (Å²) in [5.74, 6) is 0. The van der Waals surface area contributed by atoms with E-state index in [2.05, 4.69) is 104 Å². The lowest BCUT2D eigenvalue weighted by Crippen LogP contribution is -2.41. The molecule has 1 saturated heterocycles. The van der Waals surface area contributed by atoms with E-state index >= 15 is 0 Å². The topological polar surface area (TPSA) is 31.6 Å². The summed E-state index contributed by atoms with van der Waals surface area (Å²) in [6.45, 7) is 18.0. The molecule has 0 unspecified atom stereocenters. The minimum absolute atomic E-state index is 0.0997. The van der Waals surface area contributed by atoms with Crippen molar-refractivity contribution in [1.82, 2.24) is 0 Å². The molecule has 0 amide bonds. The second-order valence-corrected chi connectivity index (χ2v) is 13.2. The third-order valence-corrected chi connectivity index (χ3v) is 9.23. The number of fused-ring (bicyclic) bond motifs is 4. The van der Waals surface area contributed by atoms with Gasteiger partial charge in [0.15, 0.2) is 0 Å². The number of hydrogen-bond acceptors (Lipinski definition) is 3. The highest BCUT2D eigenvalue weighted by Crippen LogP contribution is 2.50. The number of benzene rings is 3. The molecule has 4 aromatic rings. The number of furan rings is 1. The second kappa shape index (κ2) is 7.49. The molecule has 0 N–H and O–H groups in total. The summed E-state index contributed by atoms with van der Waals surface area (Å²) in [6.07, 6.45) is 4.17. The van der Waals surface area contributed by atoms with Gasteiger partial charge in [0.2, 0.25) is 0 Å². The van der Waals surface area contributed by atoms with E-state index in [1.807, 2.05) is 0 Å². The van der Waals surface area contributed by atoms with Gasteiger partial charge in [0.1, 0.15) is 5.58 Å². The zero-order chi connectivity index (χ0) is 25.7. The first-order valence-corrected chi connectivity index (χ1v) is 13.2. The Bertz CT molecular complexity index is 1490. The fraction of sp³-hybridized carbons (Fsp3) is 0.438. The number of hydrogen-bond donors (Lipinski definition) is 0. The van der Waals surface area contributed by atoms with Gasteiger partial charge in [0.25, 0.3) is 0 Å². The molecule has 0 atom stereocenters. The van der Waals surface area contributed by atoms with Crippen LogP contribution in [0.1, 0.15) is 79.4 Å². The van der Waals surface area contributed by atoms with Crippen LogP contribution in [0.2, 0.25) is 0 Å². The van der Waals surface area contributed by atoms with E-state index in [1.54, 1.807) is 6.26 Å². The Balaban J connectivity index is 1.62. The van der Waals surface area contributed by atoms with Gasteiger partial charge >= 0.3 is 7.12 Å². The summed E-state index contributed by atoms with van der Waals surface area (Å²) in [5, 5.41) is 3.43. The third kappa shape index (κ3) is 3.41. The van der Waals surface area contributed by atoms with Crippen molar-refractivity contribution >= 4 is 34.3 Å². The van der Waals surface area contributed by atoms with E-state index in [0.717, 1.165) is 21.8 Å². The van der Waals surface area contributed by atoms with E-state index in [0.29, 0.717) is 0 Å². The van der Waals surface area contributed by atoms with Crippen molar-refractivity contribution in [3.8, 4) is 11.1 Å². The second-order valence-electron chi connectivity index (χ2n) is 13.2. The first-order chi connectivity index (χ1) is 16.8. The maximum absolute atomic E-state index is 6.42. The molecule has 0 radical (unpaired) electrons. The Morgan fingerprint density at radius 1 is 0.694 bits per heavy atom. The van der Waals surface area contributed by atoms with Crippen molar-refractivity contribution in [2.24, 2.45) is 0 Å². The average molecular weight is 480 g/mol. The van der Waals surface area contributed by atoms with Crippen LogP contribution >= 0.6 is 0 Å². The summed E-state index contributed by atoms with van der Waals surface area (Å²) in [6, 6.07) is 17.8. The van der Waals surface area contributed by atoms with E-state index in [4.69, 9.17) is 13.7 Å². The lowest BCUT2D eigenvalue weighted by Gasteiger charge is -2.43. The van der Waals surface area contributed by atoms with Gasteiger partial charge in [0, 0.05) is 10.8 Å². The predicted octanol–water partition coefficient (Wildman–Crippen LogP) is 7.90. The van der Waals surface area contributed by atoms with Crippen molar-refractivity contribution in [1.29, 1.82) is 0 Å². The van der Waals surface area contributed by atoms with Gasteiger partial charge < -0.3 is 13.7 Å². The molecule has 0 spiro atoms. The van der Waals surface area contributed by atoms with Crippen molar-refractivity contribution in [3.63, 3.8) is 0 Å². The summed E-state index contributed by atoms with van der Waals surface area (Å²) in [7, 11) is -0.403. The molecule has 2 aliphatic rings. The normalized spacial score (nSPS) is 21.7. The van der Waals surface area contributed by atoms with Gasteiger partial charge in [-0.2, -0.15) is 0 Å². The van der Waals surface area contributed by atoms with Crippen molar-refractivity contribution < 1.29 is 13.7 Å². The fourth-order valence-corrected chi connectivity index (χ4v) is 6.17. The summed E-state index contributed by atoms with van der Waals surface area (Å²) >= 11 is 0. The molecule has 1 aromatic heterocycles. The molecule has 2 heterocycles. The standard InChI is InChI=1S/C32H37BO3/c1-29(2)15-16-30(3,4)27-22(10-9-11-26(27)29)24-18-20-14-17-34-28(20)23-13-12-21(19-25(23)24)33-35-31(5,6)32(7,8)36-33/h9-14,17-19H,15-16H2,1-8H3. The van der Waals surface area contributed by atoms with Gasteiger partial charge in [-0.25, -0.2) is 0 Å². The highest BCUT2D eigenvalue weighted by atomic mass is 16.7. The molecule has 3 aromatic carbocycles.